The molecule has 0 unspecified atom stereocenters. The third-order valence-electron chi connectivity index (χ3n) is 3.55. The highest BCUT2D eigenvalue weighted by Gasteiger charge is 2.30. The molecule has 22 heavy (non-hydrogen) atoms. The maximum atomic E-state index is 12.6. The number of amides is 2. The summed E-state index contributed by atoms with van der Waals surface area (Å²) in [6, 6.07) is 5.24. The van der Waals surface area contributed by atoms with E-state index in [1.807, 2.05) is 6.92 Å². The van der Waals surface area contributed by atoms with Crippen LogP contribution in [0.25, 0.3) is 0 Å². The third-order valence-corrected chi connectivity index (χ3v) is 3.96. The molecule has 114 valence electrons. The molecule has 3 N–H and O–H groups in total. The molecule has 3 rings (SSSR count). The summed E-state index contributed by atoms with van der Waals surface area (Å²) >= 11 is 6.05. The standard InChI is InChI=1S/C15H14ClN3O3/c1-7-9(16)4-3-5-10(7)19-14(21)11-8(2)22-15-12(11)13(20)17-6-18-15/h3-5,18H,6H2,1-2H3,(H,17,20)(H,19,21). The number of nitrogens with one attached hydrogen (secondary N) is 3. The second-order valence-corrected chi connectivity index (χ2v) is 5.37. The molecule has 0 saturated heterocycles. The zero-order chi connectivity index (χ0) is 15.9. The molecule has 1 aliphatic rings. The van der Waals surface area contributed by atoms with Crippen LogP contribution in [0.5, 0.6) is 0 Å². The summed E-state index contributed by atoms with van der Waals surface area (Å²) in [5.41, 5.74) is 1.80. The molecule has 2 amide bonds. The van der Waals surface area contributed by atoms with Gasteiger partial charge in [-0.3, -0.25) is 9.59 Å². The average molecular weight is 320 g/mol. The van der Waals surface area contributed by atoms with Crippen molar-refractivity contribution in [1.82, 2.24) is 5.32 Å². The summed E-state index contributed by atoms with van der Waals surface area (Å²) in [4.78, 5) is 24.5. The summed E-state index contributed by atoms with van der Waals surface area (Å²) in [5, 5.41) is 8.85. The Labute approximate surface area is 131 Å². The van der Waals surface area contributed by atoms with Crippen molar-refractivity contribution < 1.29 is 14.0 Å². The molecule has 1 aliphatic heterocycles. The molecular formula is C15H14ClN3O3. The van der Waals surface area contributed by atoms with E-state index in [0.29, 0.717) is 22.4 Å². The molecule has 0 aliphatic carbocycles. The molecular weight excluding hydrogens is 306 g/mol. The van der Waals surface area contributed by atoms with Crippen LogP contribution < -0.4 is 16.0 Å². The van der Waals surface area contributed by atoms with Crippen LogP contribution in [-0.2, 0) is 0 Å². The Hall–Kier alpha value is -2.47. The van der Waals surface area contributed by atoms with E-state index in [1.165, 1.54) is 0 Å². The molecule has 0 saturated carbocycles. The number of benzene rings is 1. The van der Waals surface area contributed by atoms with Gasteiger partial charge in [0.15, 0.2) is 0 Å². The predicted molar refractivity (Wildman–Crippen MR) is 83.5 cm³/mol. The SMILES string of the molecule is Cc1oc2c(c1C(=O)Nc1cccc(Cl)c1C)C(=O)NCN2. The minimum Gasteiger partial charge on any atom is -0.444 e. The van der Waals surface area contributed by atoms with Gasteiger partial charge in [0.1, 0.15) is 11.3 Å². The first-order valence-corrected chi connectivity index (χ1v) is 7.08. The van der Waals surface area contributed by atoms with Gasteiger partial charge in [0.25, 0.3) is 11.8 Å². The fraction of sp³-hybridized carbons (Fsp3) is 0.200. The number of anilines is 2. The second kappa shape index (κ2) is 5.38. The number of hydrogen-bond acceptors (Lipinski definition) is 4. The Bertz CT molecular complexity index is 783. The number of furan rings is 1. The monoisotopic (exact) mass is 319 g/mol. The van der Waals surface area contributed by atoms with Gasteiger partial charge in [-0.15, -0.1) is 0 Å². The Balaban J connectivity index is 1.98. The lowest BCUT2D eigenvalue weighted by Crippen LogP contribution is -2.35. The molecule has 0 spiro atoms. The van der Waals surface area contributed by atoms with E-state index in [2.05, 4.69) is 16.0 Å². The van der Waals surface area contributed by atoms with Gasteiger partial charge in [0.2, 0.25) is 5.88 Å². The van der Waals surface area contributed by atoms with Gasteiger partial charge in [-0.2, -0.15) is 0 Å². The van der Waals surface area contributed by atoms with E-state index in [-0.39, 0.29) is 23.7 Å². The fourth-order valence-corrected chi connectivity index (χ4v) is 2.55. The summed E-state index contributed by atoms with van der Waals surface area (Å²) < 4.78 is 5.46. The van der Waals surface area contributed by atoms with Crippen LogP contribution in [0.15, 0.2) is 22.6 Å². The van der Waals surface area contributed by atoms with Crippen molar-refractivity contribution >= 4 is 35.0 Å². The van der Waals surface area contributed by atoms with Crippen LogP contribution in [0, 0.1) is 13.8 Å². The minimum absolute atomic E-state index is 0.221. The second-order valence-electron chi connectivity index (χ2n) is 4.96. The molecule has 1 aromatic heterocycles. The average Bonchev–Trinajstić information content (AvgIpc) is 2.81. The minimum atomic E-state index is -0.410. The Kier molecular flexibility index (Phi) is 3.54. The van der Waals surface area contributed by atoms with Crippen molar-refractivity contribution in [2.75, 3.05) is 17.3 Å². The van der Waals surface area contributed by atoms with E-state index in [9.17, 15) is 9.59 Å². The van der Waals surface area contributed by atoms with Gasteiger partial charge in [0, 0.05) is 10.7 Å². The van der Waals surface area contributed by atoms with Gasteiger partial charge in [-0.25, -0.2) is 0 Å². The molecule has 6 nitrogen and oxygen atoms in total. The first kappa shape index (κ1) is 14.5. The lowest BCUT2D eigenvalue weighted by molar-refractivity contribution is 0.0939. The smallest absolute Gasteiger partial charge is 0.260 e. The number of carbonyl (C=O) groups excluding carboxylic acids is 2. The maximum absolute atomic E-state index is 12.6. The van der Waals surface area contributed by atoms with E-state index >= 15 is 0 Å². The summed E-state index contributed by atoms with van der Waals surface area (Å²) in [7, 11) is 0. The van der Waals surface area contributed by atoms with Crippen molar-refractivity contribution in [3.05, 3.63) is 45.7 Å². The highest BCUT2D eigenvalue weighted by Crippen LogP contribution is 2.30. The fourth-order valence-electron chi connectivity index (χ4n) is 2.38. The molecule has 2 aromatic rings. The number of fused-ring (bicyclic) bond motifs is 1. The molecule has 0 fully saturated rings. The van der Waals surface area contributed by atoms with E-state index in [4.69, 9.17) is 16.0 Å². The van der Waals surface area contributed by atoms with Gasteiger partial charge in [-0.05, 0) is 31.5 Å². The molecule has 2 heterocycles. The van der Waals surface area contributed by atoms with Crippen LogP contribution in [0.1, 0.15) is 32.0 Å². The zero-order valence-corrected chi connectivity index (χ0v) is 12.8. The third kappa shape index (κ3) is 2.31. The largest absolute Gasteiger partial charge is 0.444 e. The van der Waals surface area contributed by atoms with Gasteiger partial charge < -0.3 is 20.4 Å². The van der Waals surface area contributed by atoms with Crippen molar-refractivity contribution in [2.24, 2.45) is 0 Å². The van der Waals surface area contributed by atoms with E-state index in [1.54, 1.807) is 25.1 Å². The predicted octanol–water partition coefficient (Wildman–Crippen LogP) is 2.91. The maximum Gasteiger partial charge on any atom is 0.260 e. The van der Waals surface area contributed by atoms with Crippen LogP contribution in [0.4, 0.5) is 11.6 Å². The van der Waals surface area contributed by atoms with Crippen molar-refractivity contribution in [1.29, 1.82) is 0 Å². The van der Waals surface area contributed by atoms with Crippen molar-refractivity contribution in [3.63, 3.8) is 0 Å². The van der Waals surface area contributed by atoms with Crippen LogP contribution in [0.3, 0.4) is 0 Å². The highest BCUT2D eigenvalue weighted by molar-refractivity contribution is 6.31. The van der Waals surface area contributed by atoms with Crippen LogP contribution in [0.2, 0.25) is 5.02 Å². The molecule has 7 heteroatoms. The first-order chi connectivity index (χ1) is 10.5. The van der Waals surface area contributed by atoms with Gasteiger partial charge in [0.05, 0.1) is 12.2 Å². The number of carbonyl (C=O) groups is 2. The lowest BCUT2D eigenvalue weighted by Gasteiger charge is -2.14. The Morgan fingerprint density at radius 3 is 2.86 bits per heavy atom. The van der Waals surface area contributed by atoms with Gasteiger partial charge in [-0.1, -0.05) is 17.7 Å². The normalized spacial score (nSPS) is 13.1. The molecule has 1 aromatic carbocycles. The number of halogens is 1. The van der Waals surface area contributed by atoms with E-state index < -0.39 is 5.91 Å². The Morgan fingerprint density at radius 2 is 2.09 bits per heavy atom. The number of rotatable bonds is 2. The Morgan fingerprint density at radius 1 is 1.32 bits per heavy atom. The van der Waals surface area contributed by atoms with Crippen LogP contribution in [-0.4, -0.2) is 18.5 Å². The quantitative estimate of drug-likeness (QED) is 0.794. The summed E-state index contributed by atoms with van der Waals surface area (Å²) in [5.74, 6) is -0.0498. The van der Waals surface area contributed by atoms with Gasteiger partial charge >= 0.3 is 0 Å². The van der Waals surface area contributed by atoms with Crippen LogP contribution >= 0.6 is 11.6 Å². The summed E-state index contributed by atoms with van der Waals surface area (Å²) in [6.45, 7) is 3.73. The van der Waals surface area contributed by atoms with Crippen molar-refractivity contribution in [3.8, 4) is 0 Å². The summed E-state index contributed by atoms with van der Waals surface area (Å²) in [6.07, 6.45) is 0. The van der Waals surface area contributed by atoms with E-state index in [0.717, 1.165) is 5.56 Å². The number of aryl methyl sites for hydroxylation is 1. The lowest BCUT2D eigenvalue weighted by atomic mass is 10.1. The first-order valence-electron chi connectivity index (χ1n) is 6.71. The molecule has 0 atom stereocenters. The highest BCUT2D eigenvalue weighted by atomic mass is 35.5. The zero-order valence-electron chi connectivity index (χ0n) is 12.0. The molecule has 0 radical (unpaired) electrons. The molecule has 0 bridgehead atoms. The number of hydrogen-bond donors (Lipinski definition) is 3. The van der Waals surface area contributed by atoms with Crippen molar-refractivity contribution in [2.45, 2.75) is 13.8 Å². The topological polar surface area (TPSA) is 83.4 Å².